The summed E-state index contributed by atoms with van der Waals surface area (Å²) < 4.78 is 5.18. The topological polar surface area (TPSA) is 32.8 Å². The second kappa shape index (κ2) is 4.85. The number of methoxy groups -OCH3 is 1. The van der Waals surface area contributed by atoms with Crippen molar-refractivity contribution in [2.24, 2.45) is 11.8 Å². The molecule has 1 amide bonds. The molecule has 2 heterocycles. The van der Waals surface area contributed by atoms with Crippen LogP contribution in [0, 0.1) is 11.8 Å². The third kappa shape index (κ3) is 2.32. The highest BCUT2D eigenvalue weighted by Crippen LogP contribution is 2.31. The normalized spacial score (nSPS) is 26.5. The van der Waals surface area contributed by atoms with Gasteiger partial charge in [-0.3, -0.25) is 4.79 Å². The van der Waals surface area contributed by atoms with Crippen LogP contribution in [0.15, 0.2) is 24.3 Å². The number of fused-ring (bicyclic) bond motifs is 1. The van der Waals surface area contributed by atoms with Crippen LogP contribution in [0.2, 0.25) is 0 Å². The summed E-state index contributed by atoms with van der Waals surface area (Å²) in [6, 6.07) is 7.43. The number of rotatable bonds is 2. The summed E-state index contributed by atoms with van der Waals surface area (Å²) >= 11 is 0. The van der Waals surface area contributed by atoms with E-state index in [1.807, 2.05) is 29.2 Å². The Kier molecular flexibility index (Phi) is 3.19. The first-order valence-electron chi connectivity index (χ1n) is 6.79. The lowest BCUT2D eigenvalue weighted by atomic mass is 10.0. The monoisotopic (exact) mass is 260 g/mol. The van der Waals surface area contributed by atoms with Crippen LogP contribution >= 0.6 is 0 Å². The lowest BCUT2D eigenvalue weighted by molar-refractivity contribution is 0.0775. The maximum Gasteiger partial charge on any atom is 0.254 e. The quantitative estimate of drug-likeness (QED) is 0.804. The molecule has 2 fully saturated rings. The zero-order valence-electron chi connectivity index (χ0n) is 11.5. The van der Waals surface area contributed by atoms with Gasteiger partial charge in [0.2, 0.25) is 0 Å². The molecular formula is C15H20N2O2. The van der Waals surface area contributed by atoms with Crippen molar-refractivity contribution in [3.8, 4) is 5.75 Å². The molecule has 1 aromatic carbocycles. The van der Waals surface area contributed by atoms with Crippen molar-refractivity contribution >= 4 is 5.91 Å². The number of ether oxygens (including phenoxy) is 1. The van der Waals surface area contributed by atoms with Gasteiger partial charge in [-0.15, -0.1) is 0 Å². The molecule has 0 N–H and O–H groups in total. The van der Waals surface area contributed by atoms with E-state index in [1.54, 1.807) is 7.11 Å². The molecule has 0 saturated carbocycles. The van der Waals surface area contributed by atoms with Gasteiger partial charge in [0, 0.05) is 31.7 Å². The fourth-order valence-electron chi connectivity index (χ4n) is 3.33. The molecule has 0 spiro atoms. The lowest BCUT2D eigenvalue weighted by Gasteiger charge is -2.19. The summed E-state index contributed by atoms with van der Waals surface area (Å²) in [5.41, 5.74) is 0.729. The molecule has 2 aliphatic rings. The Labute approximate surface area is 113 Å². The predicted molar refractivity (Wildman–Crippen MR) is 73.4 cm³/mol. The van der Waals surface area contributed by atoms with Crippen molar-refractivity contribution in [1.29, 1.82) is 0 Å². The molecule has 0 aromatic heterocycles. The van der Waals surface area contributed by atoms with Crippen LogP contribution in [0.25, 0.3) is 0 Å². The number of carbonyl (C=O) groups excluding carboxylic acids is 1. The fourth-order valence-corrected chi connectivity index (χ4v) is 3.33. The van der Waals surface area contributed by atoms with Crippen molar-refractivity contribution in [2.75, 3.05) is 40.3 Å². The van der Waals surface area contributed by atoms with Gasteiger partial charge in [0.05, 0.1) is 7.11 Å². The van der Waals surface area contributed by atoms with E-state index >= 15 is 0 Å². The molecule has 2 saturated heterocycles. The maximum atomic E-state index is 12.5. The number of likely N-dealkylation sites (tertiary alicyclic amines) is 2. The molecule has 3 rings (SSSR count). The first-order valence-corrected chi connectivity index (χ1v) is 6.79. The van der Waals surface area contributed by atoms with Gasteiger partial charge in [-0.05, 0) is 37.1 Å². The van der Waals surface area contributed by atoms with Crippen molar-refractivity contribution in [3.05, 3.63) is 29.8 Å². The average molecular weight is 260 g/mol. The second-order valence-electron chi connectivity index (χ2n) is 5.68. The summed E-state index contributed by atoms with van der Waals surface area (Å²) in [5, 5.41) is 0. The van der Waals surface area contributed by atoms with E-state index < -0.39 is 0 Å². The fraction of sp³-hybridized carbons (Fsp3) is 0.533. The van der Waals surface area contributed by atoms with Crippen LogP contribution in [-0.2, 0) is 0 Å². The van der Waals surface area contributed by atoms with E-state index in [9.17, 15) is 4.79 Å². The van der Waals surface area contributed by atoms with Crippen LogP contribution < -0.4 is 4.74 Å². The summed E-state index contributed by atoms with van der Waals surface area (Å²) in [6.45, 7) is 4.02. The van der Waals surface area contributed by atoms with Crippen molar-refractivity contribution in [2.45, 2.75) is 0 Å². The van der Waals surface area contributed by atoms with Gasteiger partial charge in [-0.1, -0.05) is 6.07 Å². The van der Waals surface area contributed by atoms with Crippen LogP contribution in [0.1, 0.15) is 10.4 Å². The molecule has 0 aliphatic carbocycles. The zero-order chi connectivity index (χ0) is 13.4. The van der Waals surface area contributed by atoms with Gasteiger partial charge < -0.3 is 14.5 Å². The van der Waals surface area contributed by atoms with Gasteiger partial charge in [0.25, 0.3) is 5.91 Å². The molecule has 0 bridgehead atoms. The highest BCUT2D eigenvalue weighted by atomic mass is 16.5. The number of benzene rings is 1. The third-order valence-electron chi connectivity index (χ3n) is 4.27. The molecule has 102 valence electrons. The molecule has 0 unspecified atom stereocenters. The summed E-state index contributed by atoms with van der Waals surface area (Å²) in [7, 11) is 3.78. The Morgan fingerprint density at radius 1 is 1.21 bits per heavy atom. The Morgan fingerprint density at radius 2 is 1.89 bits per heavy atom. The van der Waals surface area contributed by atoms with Crippen LogP contribution in [0.4, 0.5) is 0 Å². The van der Waals surface area contributed by atoms with Crippen LogP contribution in [0.3, 0.4) is 0 Å². The minimum Gasteiger partial charge on any atom is -0.497 e. The molecule has 2 aliphatic heterocycles. The first kappa shape index (κ1) is 12.5. The number of amides is 1. The molecule has 4 nitrogen and oxygen atoms in total. The van der Waals surface area contributed by atoms with E-state index in [0.717, 1.165) is 37.5 Å². The van der Waals surface area contributed by atoms with E-state index in [-0.39, 0.29) is 5.91 Å². The predicted octanol–water partition coefficient (Wildman–Crippen LogP) is 1.33. The Morgan fingerprint density at radius 3 is 2.53 bits per heavy atom. The number of hydrogen-bond donors (Lipinski definition) is 0. The molecule has 0 radical (unpaired) electrons. The molecular weight excluding hydrogens is 240 g/mol. The van der Waals surface area contributed by atoms with Gasteiger partial charge in [0.15, 0.2) is 0 Å². The number of nitrogens with zero attached hydrogens (tertiary/aromatic N) is 2. The SMILES string of the molecule is COc1cccc(C(=O)N2C[C@@H]3CN(C)C[C@H]3C2)c1. The summed E-state index contributed by atoms with van der Waals surface area (Å²) in [4.78, 5) is 16.8. The molecule has 2 atom stereocenters. The van der Waals surface area contributed by atoms with Crippen LogP contribution in [0.5, 0.6) is 5.75 Å². The van der Waals surface area contributed by atoms with Crippen LogP contribution in [-0.4, -0.2) is 56.0 Å². The highest BCUT2D eigenvalue weighted by Gasteiger charge is 2.40. The molecule has 1 aromatic rings. The minimum atomic E-state index is 0.135. The van der Waals surface area contributed by atoms with E-state index in [4.69, 9.17) is 4.74 Å². The largest absolute Gasteiger partial charge is 0.497 e. The number of carbonyl (C=O) groups is 1. The minimum absolute atomic E-state index is 0.135. The first-order chi connectivity index (χ1) is 9.17. The van der Waals surface area contributed by atoms with Gasteiger partial charge in [0.1, 0.15) is 5.75 Å². The summed E-state index contributed by atoms with van der Waals surface area (Å²) in [5.74, 6) is 2.18. The zero-order valence-corrected chi connectivity index (χ0v) is 11.5. The lowest BCUT2D eigenvalue weighted by Crippen LogP contribution is -2.32. The second-order valence-corrected chi connectivity index (χ2v) is 5.68. The van der Waals surface area contributed by atoms with E-state index in [1.165, 1.54) is 0 Å². The van der Waals surface area contributed by atoms with Gasteiger partial charge in [-0.2, -0.15) is 0 Å². The summed E-state index contributed by atoms with van der Waals surface area (Å²) in [6.07, 6.45) is 0. The molecule has 4 heteroatoms. The van der Waals surface area contributed by atoms with Crippen molar-refractivity contribution in [1.82, 2.24) is 9.80 Å². The van der Waals surface area contributed by atoms with Gasteiger partial charge >= 0.3 is 0 Å². The average Bonchev–Trinajstić information content (AvgIpc) is 2.95. The van der Waals surface area contributed by atoms with Gasteiger partial charge in [-0.25, -0.2) is 0 Å². The van der Waals surface area contributed by atoms with Crippen molar-refractivity contribution in [3.63, 3.8) is 0 Å². The Bertz CT molecular complexity index is 475. The smallest absolute Gasteiger partial charge is 0.254 e. The Balaban J connectivity index is 1.72. The Hall–Kier alpha value is -1.55. The van der Waals surface area contributed by atoms with E-state index in [0.29, 0.717) is 11.8 Å². The van der Waals surface area contributed by atoms with E-state index in [2.05, 4.69) is 11.9 Å². The van der Waals surface area contributed by atoms with Crippen molar-refractivity contribution < 1.29 is 9.53 Å². The number of hydrogen-bond acceptors (Lipinski definition) is 3. The maximum absolute atomic E-state index is 12.5. The molecule has 19 heavy (non-hydrogen) atoms. The third-order valence-corrected chi connectivity index (χ3v) is 4.27. The standard InChI is InChI=1S/C15H20N2O2/c1-16-7-12-9-17(10-13(12)8-16)15(18)11-4-3-5-14(6-11)19-2/h3-6,12-13H,7-10H2,1-2H3/t12-,13-/m0/s1. The highest BCUT2D eigenvalue weighted by molar-refractivity contribution is 5.94.